The van der Waals surface area contributed by atoms with E-state index in [1.165, 1.54) is 18.2 Å². The Morgan fingerprint density at radius 2 is 1.69 bits per heavy atom. The third kappa shape index (κ3) is 5.34. The number of aromatic nitrogens is 2. The molecule has 1 aromatic heterocycles. The number of rotatable bonds is 7. The Labute approximate surface area is 182 Å². The highest BCUT2D eigenvalue weighted by molar-refractivity contribution is 6.03. The molecule has 1 amide bonds. The van der Waals surface area contributed by atoms with E-state index in [1.807, 2.05) is 0 Å². The van der Waals surface area contributed by atoms with Gasteiger partial charge in [-0.1, -0.05) is 24.3 Å². The molecule has 0 radical (unpaired) electrons. The van der Waals surface area contributed by atoms with Crippen LogP contribution in [0, 0.1) is 17.5 Å². The van der Waals surface area contributed by atoms with Crippen molar-refractivity contribution < 1.29 is 22.7 Å². The van der Waals surface area contributed by atoms with E-state index in [0.717, 1.165) is 17.7 Å². The van der Waals surface area contributed by atoms with E-state index >= 15 is 0 Å². The SMILES string of the molecule is O=C(Nc1ccn(Cc2cccc(F)c2)n1)c1cccc(COc2ccc(F)cc2F)c1. The van der Waals surface area contributed by atoms with E-state index < -0.39 is 11.6 Å². The van der Waals surface area contributed by atoms with Crippen molar-refractivity contribution in [2.45, 2.75) is 13.2 Å². The standard InChI is InChI=1S/C24H18F3N3O2/c25-19-6-2-3-16(12-19)14-30-10-9-23(29-30)28-24(31)18-5-1-4-17(11-18)15-32-22-8-7-20(26)13-21(22)27/h1-13H,14-15H2,(H,28,29,31). The summed E-state index contributed by atoms with van der Waals surface area (Å²) in [5.74, 6) is -1.92. The van der Waals surface area contributed by atoms with Crippen molar-refractivity contribution in [2.24, 2.45) is 0 Å². The van der Waals surface area contributed by atoms with Crippen molar-refractivity contribution in [3.63, 3.8) is 0 Å². The summed E-state index contributed by atoms with van der Waals surface area (Å²) < 4.78 is 47.0. The van der Waals surface area contributed by atoms with Gasteiger partial charge in [-0.05, 0) is 47.5 Å². The Morgan fingerprint density at radius 3 is 2.50 bits per heavy atom. The number of benzene rings is 3. The van der Waals surface area contributed by atoms with Gasteiger partial charge in [0, 0.05) is 23.9 Å². The van der Waals surface area contributed by atoms with Crippen LogP contribution in [0.15, 0.2) is 79.0 Å². The van der Waals surface area contributed by atoms with Gasteiger partial charge >= 0.3 is 0 Å². The van der Waals surface area contributed by atoms with Crippen LogP contribution in [0.25, 0.3) is 0 Å². The summed E-state index contributed by atoms with van der Waals surface area (Å²) in [6, 6.07) is 17.5. The van der Waals surface area contributed by atoms with Crippen molar-refractivity contribution in [2.75, 3.05) is 5.32 Å². The fourth-order valence-electron chi connectivity index (χ4n) is 3.08. The number of carbonyl (C=O) groups excluding carboxylic acids is 1. The van der Waals surface area contributed by atoms with Crippen LogP contribution in [-0.2, 0) is 13.2 Å². The molecule has 1 heterocycles. The lowest BCUT2D eigenvalue weighted by Crippen LogP contribution is -2.13. The molecule has 0 fully saturated rings. The number of carbonyl (C=O) groups is 1. The zero-order valence-electron chi connectivity index (χ0n) is 16.8. The Kier molecular flexibility index (Phi) is 6.21. The predicted octanol–water partition coefficient (Wildman–Crippen LogP) is 5.18. The van der Waals surface area contributed by atoms with Crippen LogP contribution in [0.3, 0.4) is 0 Å². The van der Waals surface area contributed by atoms with E-state index in [0.29, 0.717) is 23.5 Å². The topological polar surface area (TPSA) is 56.2 Å². The van der Waals surface area contributed by atoms with Gasteiger partial charge in [0.15, 0.2) is 17.4 Å². The lowest BCUT2D eigenvalue weighted by Gasteiger charge is -2.09. The molecule has 3 aromatic carbocycles. The largest absolute Gasteiger partial charge is 0.486 e. The van der Waals surface area contributed by atoms with Crippen LogP contribution in [0.4, 0.5) is 19.0 Å². The fraction of sp³-hybridized carbons (Fsp3) is 0.0833. The molecule has 4 rings (SSSR count). The minimum atomic E-state index is -0.798. The zero-order chi connectivity index (χ0) is 22.5. The van der Waals surface area contributed by atoms with Gasteiger partial charge in [0.2, 0.25) is 0 Å². The van der Waals surface area contributed by atoms with E-state index in [2.05, 4.69) is 10.4 Å². The quantitative estimate of drug-likeness (QED) is 0.434. The number of hydrogen-bond donors (Lipinski definition) is 1. The fourth-order valence-corrected chi connectivity index (χ4v) is 3.08. The lowest BCUT2D eigenvalue weighted by molar-refractivity contribution is 0.102. The normalized spacial score (nSPS) is 10.7. The van der Waals surface area contributed by atoms with Gasteiger partial charge in [-0.2, -0.15) is 5.10 Å². The third-order valence-corrected chi connectivity index (χ3v) is 4.59. The predicted molar refractivity (Wildman–Crippen MR) is 113 cm³/mol. The molecule has 0 bridgehead atoms. The average molecular weight is 437 g/mol. The molecule has 0 saturated heterocycles. The molecule has 8 heteroatoms. The maximum atomic E-state index is 13.7. The summed E-state index contributed by atoms with van der Waals surface area (Å²) in [5.41, 5.74) is 1.75. The minimum absolute atomic E-state index is 0.00589. The van der Waals surface area contributed by atoms with Gasteiger partial charge in [-0.15, -0.1) is 0 Å². The molecule has 0 saturated carbocycles. The minimum Gasteiger partial charge on any atom is -0.486 e. The van der Waals surface area contributed by atoms with Crippen LogP contribution in [0.2, 0.25) is 0 Å². The molecule has 0 aliphatic heterocycles. The molecule has 162 valence electrons. The molecular formula is C24H18F3N3O2. The molecule has 0 aliphatic carbocycles. The molecule has 32 heavy (non-hydrogen) atoms. The van der Waals surface area contributed by atoms with Crippen molar-refractivity contribution >= 4 is 11.7 Å². The van der Waals surface area contributed by atoms with Crippen LogP contribution in [0.1, 0.15) is 21.5 Å². The smallest absolute Gasteiger partial charge is 0.256 e. The summed E-state index contributed by atoms with van der Waals surface area (Å²) in [5, 5.41) is 6.99. The second-order valence-corrected chi connectivity index (χ2v) is 7.05. The average Bonchev–Trinajstić information content (AvgIpc) is 3.20. The highest BCUT2D eigenvalue weighted by Gasteiger charge is 2.10. The highest BCUT2D eigenvalue weighted by Crippen LogP contribution is 2.19. The van der Waals surface area contributed by atoms with Crippen LogP contribution < -0.4 is 10.1 Å². The van der Waals surface area contributed by atoms with E-state index in [4.69, 9.17) is 4.74 Å². The summed E-state index contributed by atoms with van der Waals surface area (Å²) >= 11 is 0. The monoisotopic (exact) mass is 437 g/mol. The summed E-state index contributed by atoms with van der Waals surface area (Å²) in [6.07, 6.45) is 1.68. The molecule has 0 atom stereocenters. The molecule has 4 aromatic rings. The van der Waals surface area contributed by atoms with Crippen molar-refractivity contribution in [3.8, 4) is 5.75 Å². The second-order valence-electron chi connectivity index (χ2n) is 7.05. The van der Waals surface area contributed by atoms with Gasteiger partial charge in [0.1, 0.15) is 18.2 Å². The van der Waals surface area contributed by atoms with Gasteiger partial charge in [0.05, 0.1) is 6.54 Å². The molecule has 0 aliphatic rings. The summed E-state index contributed by atoms with van der Waals surface area (Å²) in [4.78, 5) is 12.6. The molecule has 5 nitrogen and oxygen atoms in total. The maximum Gasteiger partial charge on any atom is 0.256 e. The van der Waals surface area contributed by atoms with Gasteiger partial charge in [0.25, 0.3) is 5.91 Å². The third-order valence-electron chi connectivity index (χ3n) is 4.59. The van der Waals surface area contributed by atoms with Gasteiger partial charge in [-0.25, -0.2) is 13.2 Å². The first-order valence-electron chi connectivity index (χ1n) is 9.72. The Bertz CT molecular complexity index is 1260. The first-order chi connectivity index (χ1) is 15.5. The Hall–Kier alpha value is -4.07. The van der Waals surface area contributed by atoms with Crippen molar-refractivity contribution in [1.29, 1.82) is 0 Å². The Balaban J connectivity index is 1.38. The van der Waals surface area contributed by atoms with E-state index in [9.17, 15) is 18.0 Å². The Morgan fingerprint density at radius 1 is 0.906 bits per heavy atom. The van der Waals surface area contributed by atoms with Crippen LogP contribution in [0.5, 0.6) is 5.75 Å². The lowest BCUT2D eigenvalue weighted by atomic mass is 10.1. The van der Waals surface area contributed by atoms with Crippen LogP contribution in [-0.4, -0.2) is 15.7 Å². The number of ether oxygens (including phenoxy) is 1. The first-order valence-corrected chi connectivity index (χ1v) is 9.72. The number of halogens is 3. The van der Waals surface area contributed by atoms with Crippen molar-refractivity contribution in [3.05, 3.63) is 113 Å². The number of amides is 1. The second kappa shape index (κ2) is 9.38. The summed E-state index contributed by atoms with van der Waals surface area (Å²) in [6.45, 7) is 0.367. The molecule has 0 unspecified atom stereocenters. The highest BCUT2D eigenvalue weighted by atomic mass is 19.1. The first kappa shape index (κ1) is 21.2. The zero-order valence-corrected chi connectivity index (χ0v) is 16.8. The maximum absolute atomic E-state index is 13.7. The number of hydrogen-bond acceptors (Lipinski definition) is 3. The molecule has 0 spiro atoms. The number of anilines is 1. The van der Waals surface area contributed by atoms with Gasteiger partial charge < -0.3 is 10.1 Å². The molecule has 1 N–H and O–H groups in total. The molecular weight excluding hydrogens is 419 g/mol. The van der Waals surface area contributed by atoms with E-state index in [-0.39, 0.29) is 24.1 Å². The van der Waals surface area contributed by atoms with Crippen LogP contribution >= 0.6 is 0 Å². The number of nitrogens with zero attached hydrogens (tertiary/aromatic N) is 2. The number of nitrogens with one attached hydrogen (secondary N) is 1. The van der Waals surface area contributed by atoms with E-state index in [1.54, 1.807) is 53.3 Å². The van der Waals surface area contributed by atoms with Crippen molar-refractivity contribution in [1.82, 2.24) is 9.78 Å². The van der Waals surface area contributed by atoms with Gasteiger partial charge in [-0.3, -0.25) is 9.48 Å². The summed E-state index contributed by atoms with van der Waals surface area (Å²) in [7, 11) is 0.